The molecule has 0 unspecified atom stereocenters. The number of ether oxygens (including phenoxy) is 1. The summed E-state index contributed by atoms with van der Waals surface area (Å²) < 4.78 is 6.90. The van der Waals surface area contributed by atoms with Gasteiger partial charge in [0.15, 0.2) is 5.65 Å². The molecule has 6 heteroatoms. The SMILES string of the molecule is CCOC(=O)Cc1nnc2c(CC(C)C)nc(-c3ccccc3)cn12. The first-order valence-corrected chi connectivity index (χ1v) is 8.53. The van der Waals surface area contributed by atoms with E-state index in [4.69, 9.17) is 9.72 Å². The van der Waals surface area contributed by atoms with Crippen molar-refractivity contribution < 1.29 is 9.53 Å². The minimum absolute atomic E-state index is 0.0916. The zero-order valence-electron chi connectivity index (χ0n) is 14.8. The quantitative estimate of drug-likeness (QED) is 0.646. The molecule has 3 aromatic rings. The molecular weight excluding hydrogens is 316 g/mol. The smallest absolute Gasteiger partial charge is 0.313 e. The van der Waals surface area contributed by atoms with Crippen LogP contribution < -0.4 is 0 Å². The number of esters is 1. The molecule has 2 aromatic heterocycles. The van der Waals surface area contributed by atoms with Gasteiger partial charge in [-0.25, -0.2) is 4.98 Å². The lowest BCUT2D eigenvalue weighted by Crippen LogP contribution is -2.11. The van der Waals surface area contributed by atoms with Gasteiger partial charge in [0.25, 0.3) is 0 Å². The second kappa shape index (κ2) is 7.42. The van der Waals surface area contributed by atoms with Gasteiger partial charge in [0.1, 0.15) is 12.2 Å². The third kappa shape index (κ3) is 3.84. The second-order valence-electron chi connectivity index (χ2n) is 6.33. The average Bonchev–Trinajstić information content (AvgIpc) is 2.98. The molecule has 0 aliphatic heterocycles. The highest BCUT2D eigenvalue weighted by molar-refractivity contribution is 5.72. The zero-order valence-corrected chi connectivity index (χ0v) is 14.8. The van der Waals surface area contributed by atoms with Gasteiger partial charge in [-0.3, -0.25) is 9.20 Å². The predicted octanol–water partition coefficient (Wildman–Crippen LogP) is 3.10. The third-order valence-electron chi connectivity index (χ3n) is 3.81. The van der Waals surface area contributed by atoms with E-state index < -0.39 is 0 Å². The number of fused-ring (bicyclic) bond motifs is 1. The summed E-state index contributed by atoms with van der Waals surface area (Å²) in [5.74, 6) is 0.700. The highest BCUT2D eigenvalue weighted by Crippen LogP contribution is 2.21. The second-order valence-corrected chi connectivity index (χ2v) is 6.33. The van der Waals surface area contributed by atoms with Gasteiger partial charge in [-0.15, -0.1) is 10.2 Å². The molecule has 0 atom stereocenters. The molecule has 0 aliphatic rings. The van der Waals surface area contributed by atoms with Crippen LogP contribution in [0.3, 0.4) is 0 Å². The molecule has 0 aliphatic carbocycles. The molecule has 25 heavy (non-hydrogen) atoms. The van der Waals surface area contributed by atoms with Crippen molar-refractivity contribution in [2.24, 2.45) is 5.92 Å². The van der Waals surface area contributed by atoms with E-state index in [-0.39, 0.29) is 12.4 Å². The summed E-state index contributed by atoms with van der Waals surface area (Å²) in [6.07, 6.45) is 2.78. The van der Waals surface area contributed by atoms with Crippen molar-refractivity contribution in [2.45, 2.75) is 33.6 Å². The number of benzene rings is 1. The topological polar surface area (TPSA) is 69.4 Å². The maximum atomic E-state index is 11.9. The summed E-state index contributed by atoms with van der Waals surface area (Å²) in [4.78, 5) is 16.7. The fourth-order valence-corrected chi connectivity index (χ4v) is 2.74. The van der Waals surface area contributed by atoms with Gasteiger partial charge >= 0.3 is 5.97 Å². The van der Waals surface area contributed by atoms with E-state index in [1.165, 1.54) is 0 Å². The maximum absolute atomic E-state index is 11.9. The Morgan fingerprint density at radius 2 is 1.96 bits per heavy atom. The van der Waals surface area contributed by atoms with E-state index in [9.17, 15) is 4.79 Å². The molecule has 0 spiro atoms. The number of hydrogen-bond acceptors (Lipinski definition) is 5. The molecule has 130 valence electrons. The van der Waals surface area contributed by atoms with E-state index >= 15 is 0 Å². The summed E-state index contributed by atoms with van der Waals surface area (Å²) in [5.41, 5.74) is 3.45. The molecule has 6 nitrogen and oxygen atoms in total. The lowest BCUT2D eigenvalue weighted by Gasteiger charge is -2.10. The van der Waals surface area contributed by atoms with E-state index in [1.54, 1.807) is 6.92 Å². The van der Waals surface area contributed by atoms with Crippen LogP contribution in [0.5, 0.6) is 0 Å². The van der Waals surface area contributed by atoms with Crippen molar-refractivity contribution >= 4 is 11.6 Å². The Morgan fingerprint density at radius 3 is 2.64 bits per heavy atom. The van der Waals surface area contributed by atoms with Gasteiger partial charge in [-0.1, -0.05) is 44.2 Å². The predicted molar refractivity (Wildman–Crippen MR) is 95.1 cm³/mol. The van der Waals surface area contributed by atoms with E-state index in [1.807, 2.05) is 40.9 Å². The van der Waals surface area contributed by atoms with Crippen LogP contribution in [0.15, 0.2) is 36.5 Å². The van der Waals surface area contributed by atoms with Crippen LogP contribution >= 0.6 is 0 Å². The molecule has 0 saturated heterocycles. The van der Waals surface area contributed by atoms with Gasteiger partial charge in [-0.2, -0.15) is 0 Å². The Bertz CT molecular complexity index is 872. The molecule has 3 rings (SSSR count). The molecule has 0 saturated carbocycles. The number of hydrogen-bond donors (Lipinski definition) is 0. The van der Waals surface area contributed by atoms with Crippen LogP contribution in [0, 0.1) is 5.92 Å². The lowest BCUT2D eigenvalue weighted by molar-refractivity contribution is -0.142. The van der Waals surface area contributed by atoms with Crippen molar-refractivity contribution in [1.82, 2.24) is 19.6 Å². The van der Waals surface area contributed by atoms with Gasteiger partial charge in [0.2, 0.25) is 0 Å². The van der Waals surface area contributed by atoms with E-state index in [2.05, 4.69) is 24.0 Å². The molecule has 0 bridgehead atoms. The van der Waals surface area contributed by atoms with Crippen LogP contribution in [0.4, 0.5) is 0 Å². The van der Waals surface area contributed by atoms with Crippen LogP contribution in [0.2, 0.25) is 0 Å². The largest absolute Gasteiger partial charge is 0.466 e. The molecular formula is C19H22N4O2. The van der Waals surface area contributed by atoms with Gasteiger partial charge in [0.05, 0.1) is 18.0 Å². The number of aromatic nitrogens is 4. The molecule has 0 N–H and O–H groups in total. The van der Waals surface area contributed by atoms with E-state index in [0.29, 0.717) is 24.0 Å². The summed E-state index contributed by atoms with van der Waals surface area (Å²) in [5, 5.41) is 8.45. The Hall–Kier alpha value is -2.76. The molecule has 0 fully saturated rings. The molecule has 1 aromatic carbocycles. The fourth-order valence-electron chi connectivity index (χ4n) is 2.74. The lowest BCUT2D eigenvalue weighted by atomic mass is 10.1. The maximum Gasteiger partial charge on any atom is 0.313 e. The van der Waals surface area contributed by atoms with Crippen molar-refractivity contribution in [1.29, 1.82) is 0 Å². The number of carbonyl (C=O) groups excluding carboxylic acids is 1. The van der Waals surface area contributed by atoms with Crippen LogP contribution in [0.25, 0.3) is 16.9 Å². The summed E-state index contributed by atoms with van der Waals surface area (Å²) in [6, 6.07) is 9.97. The van der Waals surface area contributed by atoms with Crippen LogP contribution in [-0.2, 0) is 22.4 Å². The van der Waals surface area contributed by atoms with Crippen molar-refractivity contribution in [3.8, 4) is 11.3 Å². The Morgan fingerprint density at radius 1 is 1.20 bits per heavy atom. The Kier molecular flexibility index (Phi) is 5.07. The summed E-state index contributed by atoms with van der Waals surface area (Å²) >= 11 is 0. The normalized spacial score (nSPS) is 11.2. The van der Waals surface area contributed by atoms with Crippen LogP contribution in [0.1, 0.15) is 32.3 Å². The average molecular weight is 338 g/mol. The Balaban J connectivity index is 2.10. The summed E-state index contributed by atoms with van der Waals surface area (Å²) in [6.45, 7) is 6.43. The highest BCUT2D eigenvalue weighted by Gasteiger charge is 2.17. The first kappa shape index (κ1) is 17.1. The standard InChI is InChI=1S/C19H22N4O2/c1-4-25-18(24)11-17-21-22-19-15(10-13(2)3)20-16(12-23(17)19)14-8-6-5-7-9-14/h5-9,12-13H,4,10-11H2,1-3H3. The van der Waals surface area contributed by atoms with Gasteiger partial charge in [-0.05, 0) is 19.3 Å². The van der Waals surface area contributed by atoms with Gasteiger partial charge in [0, 0.05) is 11.8 Å². The number of rotatable bonds is 6. The third-order valence-corrected chi connectivity index (χ3v) is 3.81. The summed E-state index contributed by atoms with van der Waals surface area (Å²) in [7, 11) is 0. The van der Waals surface area contributed by atoms with Crippen LogP contribution in [-0.4, -0.2) is 32.2 Å². The fraction of sp³-hybridized carbons (Fsp3) is 0.368. The molecule has 0 amide bonds. The van der Waals surface area contributed by atoms with Crippen molar-refractivity contribution in [2.75, 3.05) is 6.61 Å². The number of nitrogens with zero attached hydrogens (tertiary/aromatic N) is 4. The zero-order chi connectivity index (χ0) is 17.8. The van der Waals surface area contributed by atoms with Crippen molar-refractivity contribution in [3.63, 3.8) is 0 Å². The first-order valence-electron chi connectivity index (χ1n) is 8.53. The number of carbonyl (C=O) groups is 1. The molecule has 0 radical (unpaired) electrons. The monoisotopic (exact) mass is 338 g/mol. The van der Waals surface area contributed by atoms with Gasteiger partial charge < -0.3 is 4.74 Å². The van der Waals surface area contributed by atoms with Crippen molar-refractivity contribution in [3.05, 3.63) is 48.0 Å². The Labute approximate surface area is 146 Å². The minimum atomic E-state index is -0.305. The first-order chi connectivity index (χ1) is 12.1. The minimum Gasteiger partial charge on any atom is -0.466 e. The van der Waals surface area contributed by atoms with E-state index in [0.717, 1.165) is 23.4 Å². The molecule has 2 heterocycles. The highest BCUT2D eigenvalue weighted by atomic mass is 16.5.